The Labute approximate surface area is 162 Å². The third kappa shape index (κ3) is 4.92. The highest BCUT2D eigenvalue weighted by atomic mass is 19.1. The van der Waals surface area contributed by atoms with Gasteiger partial charge in [0.25, 0.3) is 0 Å². The second-order valence-electron chi connectivity index (χ2n) is 6.38. The van der Waals surface area contributed by atoms with Gasteiger partial charge in [-0.2, -0.15) is 0 Å². The maximum absolute atomic E-state index is 13.9. The molecule has 4 nitrogen and oxygen atoms in total. The maximum Gasteiger partial charge on any atom is 0.239 e. The minimum absolute atomic E-state index is 0.221. The standard InChI is InChI=1S/C22H21F2N3O/c23-19-7-3-1-5-16(19)14-26-17-11-9-15(10-12-17)13-27-21(22(25)28)18-6-2-4-8-20(18)24/h1-12,21,26-27H,13-14H2,(H2,25,28). The molecule has 0 heterocycles. The van der Waals surface area contributed by atoms with E-state index in [0.717, 1.165) is 11.3 Å². The Bertz CT molecular complexity index is 945. The zero-order valence-electron chi connectivity index (χ0n) is 15.2. The second kappa shape index (κ2) is 9.10. The Balaban J connectivity index is 1.60. The predicted molar refractivity (Wildman–Crippen MR) is 105 cm³/mol. The van der Waals surface area contributed by atoms with Crippen molar-refractivity contribution < 1.29 is 13.6 Å². The first-order chi connectivity index (χ1) is 13.5. The van der Waals surface area contributed by atoms with Crippen LogP contribution in [-0.2, 0) is 17.9 Å². The quantitative estimate of drug-likeness (QED) is 0.555. The molecular weight excluding hydrogens is 360 g/mol. The van der Waals surface area contributed by atoms with Crippen molar-refractivity contribution in [2.24, 2.45) is 5.73 Å². The molecule has 3 aromatic carbocycles. The largest absolute Gasteiger partial charge is 0.381 e. The molecule has 28 heavy (non-hydrogen) atoms. The van der Waals surface area contributed by atoms with Crippen LogP contribution in [0.3, 0.4) is 0 Å². The van der Waals surface area contributed by atoms with E-state index in [1.807, 2.05) is 24.3 Å². The van der Waals surface area contributed by atoms with Crippen molar-refractivity contribution in [3.63, 3.8) is 0 Å². The lowest BCUT2D eigenvalue weighted by Crippen LogP contribution is -2.33. The summed E-state index contributed by atoms with van der Waals surface area (Å²) in [5, 5.41) is 6.15. The highest BCUT2D eigenvalue weighted by Crippen LogP contribution is 2.18. The average Bonchev–Trinajstić information content (AvgIpc) is 2.69. The topological polar surface area (TPSA) is 67.2 Å². The molecule has 0 saturated carbocycles. The third-order valence-corrected chi connectivity index (χ3v) is 4.41. The van der Waals surface area contributed by atoms with Crippen molar-refractivity contribution in [3.8, 4) is 0 Å². The van der Waals surface area contributed by atoms with E-state index in [9.17, 15) is 13.6 Å². The van der Waals surface area contributed by atoms with Gasteiger partial charge in [0, 0.05) is 29.9 Å². The first-order valence-electron chi connectivity index (χ1n) is 8.88. The third-order valence-electron chi connectivity index (χ3n) is 4.41. The van der Waals surface area contributed by atoms with Crippen molar-refractivity contribution in [1.82, 2.24) is 5.32 Å². The molecule has 0 aliphatic carbocycles. The van der Waals surface area contributed by atoms with Gasteiger partial charge in [-0.25, -0.2) is 8.78 Å². The molecule has 3 aromatic rings. The summed E-state index contributed by atoms with van der Waals surface area (Å²) in [6.07, 6.45) is 0. The normalized spacial score (nSPS) is 11.8. The van der Waals surface area contributed by atoms with Gasteiger partial charge < -0.3 is 11.1 Å². The molecular formula is C22H21F2N3O. The minimum Gasteiger partial charge on any atom is -0.381 e. The van der Waals surface area contributed by atoms with Gasteiger partial charge in [0.1, 0.15) is 17.7 Å². The summed E-state index contributed by atoms with van der Waals surface area (Å²) in [7, 11) is 0. The molecule has 0 aliphatic rings. The van der Waals surface area contributed by atoms with E-state index in [1.54, 1.807) is 30.3 Å². The number of primary amides is 1. The van der Waals surface area contributed by atoms with Gasteiger partial charge in [-0.15, -0.1) is 0 Å². The van der Waals surface area contributed by atoms with E-state index >= 15 is 0 Å². The Kier molecular flexibility index (Phi) is 6.34. The van der Waals surface area contributed by atoms with E-state index in [0.29, 0.717) is 18.7 Å². The van der Waals surface area contributed by atoms with E-state index in [4.69, 9.17) is 5.73 Å². The molecule has 0 aromatic heterocycles. The summed E-state index contributed by atoms with van der Waals surface area (Å²) in [4.78, 5) is 11.7. The molecule has 144 valence electrons. The molecule has 0 fully saturated rings. The molecule has 0 aliphatic heterocycles. The van der Waals surface area contributed by atoms with Crippen molar-refractivity contribution >= 4 is 11.6 Å². The molecule has 0 spiro atoms. The number of carbonyl (C=O) groups excluding carboxylic acids is 1. The number of amides is 1. The van der Waals surface area contributed by atoms with Crippen LogP contribution in [0.4, 0.5) is 14.5 Å². The summed E-state index contributed by atoms with van der Waals surface area (Å²) >= 11 is 0. The fourth-order valence-corrected chi connectivity index (χ4v) is 2.87. The number of rotatable bonds is 8. The van der Waals surface area contributed by atoms with Crippen molar-refractivity contribution in [3.05, 3.63) is 101 Å². The van der Waals surface area contributed by atoms with E-state index < -0.39 is 17.8 Å². The van der Waals surface area contributed by atoms with Crippen LogP contribution in [0.5, 0.6) is 0 Å². The van der Waals surface area contributed by atoms with Gasteiger partial charge in [-0.3, -0.25) is 10.1 Å². The Morgan fingerprint density at radius 1 is 0.857 bits per heavy atom. The number of carbonyl (C=O) groups is 1. The van der Waals surface area contributed by atoms with Crippen molar-refractivity contribution in [1.29, 1.82) is 0 Å². The number of halogens is 2. The number of nitrogens with one attached hydrogen (secondary N) is 2. The van der Waals surface area contributed by atoms with Crippen LogP contribution in [-0.4, -0.2) is 5.91 Å². The summed E-state index contributed by atoms with van der Waals surface area (Å²) in [5.41, 5.74) is 7.97. The zero-order chi connectivity index (χ0) is 19.9. The molecule has 6 heteroatoms. The SMILES string of the molecule is NC(=O)C(NCc1ccc(NCc2ccccc2F)cc1)c1ccccc1F. The second-order valence-corrected chi connectivity index (χ2v) is 6.38. The van der Waals surface area contributed by atoms with Gasteiger partial charge in [-0.05, 0) is 29.8 Å². The molecule has 0 radical (unpaired) electrons. The van der Waals surface area contributed by atoms with Gasteiger partial charge in [0.15, 0.2) is 0 Å². The zero-order valence-corrected chi connectivity index (χ0v) is 15.2. The van der Waals surface area contributed by atoms with Gasteiger partial charge in [-0.1, -0.05) is 48.5 Å². The van der Waals surface area contributed by atoms with Crippen LogP contribution >= 0.6 is 0 Å². The molecule has 0 bridgehead atoms. The van der Waals surface area contributed by atoms with Gasteiger partial charge in [0.2, 0.25) is 5.91 Å². The highest BCUT2D eigenvalue weighted by Gasteiger charge is 2.20. The summed E-state index contributed by atoms with van der Waals surface area (Å²) in [5.74, 6) is -1.37. The predicted octanol–water partition coefficient (Wildman–Crippen LogP) is 3.89. The highest BCUT2D eigenvalue weighted by molar-refractivity contribution is 5.81. The molecule has 3 rings (SSSR count). The van der Waals surface area contributed by atoms with Crippen LogP contribution in [0.2, 0.25) is 0 Å². The van der Waals surface area contributed by atoms with Crippen LogP contribution in [0, 0.1) is 11.6 Å². The number of hydrogen-bond donors (Lipinski definition) is 3. The van der Waals surface area contributed by atoms with Crippen LogP contribution in [0.1, 0.15) is 22.7 Å². The molecule has 1 atom stereocenters. The lowest BCUT2D eigenvalue weighted by atomic mass is 10.1. The summed E-state index contributed by atoms with van der Waals surface area (Å²) in [6, 6.07) is 19.2. The number of hydrogen-bond acceptors (Lipinski definition) is 3. The van der Waals surface area contributed by atoms with Crippen molar-refractivity contribution in [2.75, 3.05) is 5.32 Å². The molecule has 0 saturated heterocycles. The first-order valence-corrected chi connectivity index (χ1v) is 8.88. The molecule has 4 N–H and O–H groups in total. The monoisotopic (exact) mass is 381 g/mol. The van der Waals surface area contributed by atoms with Crippen molar-refractivity contribution in [2.45, 2.75) is 19.1 Å². The van der Waals surface area contributed by atoms with Gasteiger partial charge >= 0.3 is 0 Å². The lowest BCUT2D eigenvalue weighted by Gasteiger charge is -2.17. The van der Waals surface area contributed by atoms with E-state index in [1.165, 1.54) is 18.2 Å². The van der Waals surface area contributed by atoms with E-state index in [2.05, 4.69) is 10.6 Å². The Morgan fingerprint density at radius 2 is 1.50 bits per heavy atom. The van der Waals surface area contributed by atoms with Crippen LogP contribution in [0.25, 0.3) is 0 Å². The fourth-order valence-electron chi connectivity index (χ4n) is 2.87. The Morgan fingerprint density at radius 3 is 2.14 bits per heavy atom. The van der Waals surface area contributed by atoms with Crippen LogP contribution < -0.4 is 16.4 Å². The smallest absolute Gasteiger partial charge is 0.239 e. The lowest BCUT2D eigenvalue weighted by molar-refractivity contribution is -0.120. The van der Waals surface area contributed by atoms with E-state index in [-0.39, 0.29) is 11.4 Å². The average molecular weight is 381 g/mol. The number of benzene rings is 3. The summed E-state index contributed by atoms with van der Waals surface area (Å²) < 4.78 is 27.6. The first kappa shape index (κ1) is 19.5. The fraction of sp³-hybridized carbons (Fsp3) is 0.136. The minimum atomic E-state index is -0.917. The van der Waals surface area contributed by atoms with Crippen LogP contribution in [0.15, 0.2) is 72.8 Å². The molecule has 1 amide bonds. The number of anilines is 1. The number of nitrogens with two attached hydrogens (primary N) is 1. The Hall–Kier alpha value is -3.25. The summed E-state index contributed by atoms with van der Waals surface area (Å²) in [6.45, 7) is 0.719. The van der Waals surface area contributed by atoms with Gasteiger partial charge in [0.05, 0.1) is 0 Å². The maximum atomic E-state index is 13.9. The molecule has 1 unspecified atom stereocenters.